The van der Waals surface area contributed by atoms with Crippen LogP contribution in [0.5, 0.6) is 5.75 Å². The van der Waals surface area contributed by atoms with Crippen LogP contribution in [0.15, 0.2) is 24.3 Å². The van der Waals surface area contributed by atoms with Gasteiger partial charge in [-0.25, -0.2) is 4.98 Å². The standard InChI is InChI=1S/C22H29N3O3S/c1-15-16(2)29-22(23-15)24-20(26)14-25(18-7-5-4-6-8-18)21(27)13-17-9-11-19(28-3)12-10-17/h9-12,18H,4-8,13-14H2,1-3H3,(H,23,24,26). The third kappa shape index (κ3) is 5.79. The minimum Gasteiger partial charge on any atom is -0.497 e. The molecule has 0 radical (unpaired) electrons. The number of ether oxygens (including phenoxy) is 1. The van der Waals surface area contributed by atoms with Crippen LogP contribution in [0.1, 0.15) is 48.2 Å². The molecule has 2 aromatic rings. The summed E-state index contributed by atoms with van der Waals surface area (Å²) >= 11 is 1.46. The smallest absolute Gasteiger partial charge is 0.245 e. The van der Waals surface area contributed by atoms with Crippen LogP contribution in [0.3, 0.4) is 0 Å². The number of thiazole rings is 1. The van der Waals surface area contributed by atoms with E-state index in [-0.39, 0.29) is 30.8 Å². The van der Waals surface area contributed by atoms with Gasteiger partial charge in [-0.1, -0.05) is 31.4 Å². The lowest BCUT2D eigenvalue weighted by Gasteiger charge is -2.34. The summed E-state index contributed by atoms with van der Waals surface area (Å²) in [5.74, 6) is 0.565. The van der Waals surface area contributed by atoms with Gasteiger partial charge in [0.05, 0.1) is 19.2 Å². The third-order valence-corrected chi connectivity index (χ3v) is 6.43. The minimum absolute atomic E-state index is 0.0104. The van der Waals surface area contributed by atoms with Crippen LogP contribution in [0, 0.1) is 13.8 Å². The number of amides is 2. The number of anilines is 1. The number of aromatic nitrogens is 1. The fourth-order valence-electron chi connectivity index (χ4n) is 3.67. The van der Waals surface area contributed by atoms with E-state index in [1.165, 1.54) is 17.8 Å². The highest BCUT2D eigenvalue weighted by atomic mass is 32.1. The summed E-state index contributed by atoms with van der Waals surface area (Å²) in [6.07, 6.45) is 5.59. The lowest BCUT2D eigenvalue weighted by atomic mass is 9.93. The van der Waals surface area contributed by atoms with Gasteiger partial charge in [0.1, 0.15) is 12.3 Å². The Morgan fingerprint density at radius 3 is 2.45 bits per heavy atom. The maximum atomic E-state index is 13.1. The van der Waals surface area contributed by atoms with Gasteiger partial charge in [-0.2, -0.15) is 0 Å². The Bertz CT molecular complexity index is 822. The Balaban J connectivity index is 1.68. The molecule has 1 N–H and O–H groups in total. The molecule has 0 saturated heterocycles. The van der Waals surface area contributed by atoms with Crippen LogP contribution in [0.25, 0.3) is 0 Å². The van der Waals surface area contributed by atoms with Crippen molar-refractivity contribution in [1.82, 2.24) is 9.88 Å². The fourth-order valence-corrected chi connectivity index (χ4v) is 4.50. The van der Waals surface area contributed by atoms with Gasteiger partial charge in [-0.05, 0) is 44.4 Å². The van der Waals surface area contributed by atoms with Crippen molar-refractivity contribution in [1.29, 1.82) is 0 Å². The SMILES string of the molecule is COc1ccc(CC(=O)N(CC(=O)Nc2nc(C)c(C)s2)C2CCCCC2)cc1. The average Bonchev–Trinajstić information content (AvgIpc) is 3.04. The maximum absolute atomic E-state index is 13.1. The molecule has 1 fully saturated rings. The Hall–Kier alpha value is -2.41. The first-order valence-corrected chi connectivity index (χ1v) is 10.9. The molecule has 3 rings (SSSR count). The van der Waals surface area contributed by atoms with Crippen molar-refractivity contribution in [3.05, 3.63) is 40.4 Å². The number of rotatable bonds is 7. The predicted octanol–water partition coefficient (Wildman–Crippen LogP) is 4.11. The van der Waals surface area contributed by atoms with Crippen molar-refractivity contribution in [2.45, 2.75) is 58.4 Å². The van der Waals surface area contributed by atoms with E-state index in [4.69, 9.17) is 4.74 Å². The molecule has 1 saturated carbocycles. The summed E-state index contributed by atoms with van der Waals surface area (Å²) in [6, 6.07) is 7.63. The zero-order valence-corrected chi connectivity index (χ0v) is 18.2. The number of nitrogens with one attached hydrogen (secondary N) is 1. The number of carbonyl (C=O) groups is 2. The molecule has 1 aliphatic carbocycles. The molecule has 6 nitrogen and oxygen atoms in total. The molecule has 0 aliphatic heterocycles. The summed E-state index contributed by atoms with van der Waals surface area (Å²) in [5.41, 5.74) is 1.84. The summed E-state index contributed by atoms with van der Waals surface area (Å²) < 4.78 is 5.18. The summed E-state index contributed by atoms with van der Waals surface area (Å²) in [5, 5.41) is 3.46. The molecule has 29 heavy (non-hydrogen) atoms. The summed E-state index contributed by atoms with van der Waals surface area (Å²) in [7, 11) is 1.62. The molecule has 1 heterocycles. The Labute approximate surface area is 176 Å². The maximum Gasteiger partial charge on any atom is 0.245 e. The lowest BCUT2D eigenvalue weighted by molar-refractivity contribution is -0.137. The van der Waals surface area contributed by atoms with Gasteiger partial charge >= 0.3 is 0 Å². The molecule has 0 bridgehead atoms. The van der Waals surface area contributed by atoms with Gasteiger partial charge in [0, 0.05) is 10.9 Å². The van der Waals surface area contributed by atoms with Crippen LogP contribution in [0.4, 0.5) is 5.13 Å². The molecule has 1 aromatic carbocycles. The number of benzene rings is 1. The third-order valence-electron chi connectivity index (χ3n) is 5.44. The van der Waals surface area contributed by atoms with E-state index in [1.807, 2.05) is 38.1 Å². The van der Waals surface area contributed by atoms with Gasteiger partial charge in [0.15, 0.2) is 5.13 Å². The van der Waals surface area contributed by atoms with Gasteiger partial charge in [-0.15, -0.1) is 11.3 Å². The molecule has 0 unspecified atom stereocenters. The van der Waals surface area contributed by atoms with Crippen LogP contribution >= 0.6 is 11.3 Å². The largest absolute Gasteiger partial charge is 0.497 e. The molecular weight excluding hydrogens is 386 g/mol. The first kappa shape index (κ1) is 21.3. The van der Waals surface area contributed by atoms with Crippen molar-refractivity contribution in [2.75, 3.05) is 19.0 Å². The van der Waals surface area contributed by atoms with E-state index >= 15 is 0 Å². The second kappa shape index (κ2) is 9.87. The Kier molecular flexibility index (Phi) is 7.25. The quantitative estimate of drug-likeness (QED) is 0.739. The molecule has 0 spiro atoms. The molecule has 1 aromatic heterocycles. The topological polar surface area (TPSA) is 71.5 Å². The normalized spacial score (nSPS) is 14.4. The van der Waals surface area contributed by atoms with Crippen LogP contribution in [-0.4, -0.2) is 41.4 Å². The van der Waals surface area contributed by atoms with Crippen molar-refractivity contribution >= 4 is 28.3 Å². The number of hydrogen-bond acceptors (Lipinski definition) is 5. The van der Waals surface area contributed by atoms with E-state index in [2.05, 4.69) is 10.3 Å². The average molecular weight is 416 g/mol. The van der Waals surface area contributed by atoms with Crippen LogP contribution < -0.4 is 10.1 Å². The highest BCUT2D eigenvalue weighted by molar-refractivity contribution is 7.15. The van der Waals surface area contributed by atoms with Crippen molar-refractivity contribution in [2.24, 2.45) is 0 Å². The predicted molar refractivity (Wildman–Crippen MR) is 116 cm³/mol. The van der Waals surface area contributed by atoms with Crippen molar-refractivity contribution in [3.63, 3.8) is 0 Å². The van der Waals surface area contributed by atoms with Crippen LogP contribution in [0.2, 0.25) is 0 Å². The zero-order valence-electron chi connectivity index (χ0n) is 17.4. The van der Waals surface area contributed by atoms with Gasteiger partial charge in [0.25, 0.3) is 0 Å². The molecule has 2 amide bonds. The van der Waals surface area contributed by atoms with E-state index < -0.39 is 0 Å². The van der Waals surface area contributed by atoms with Gasteiger partial charge in [-0.3, -0.25) is 9.59 Å². The first-order valence-electron chi connectivity index (χ1n) is 10.1. The zero-order chi connectivity index (χ0) is 20.8. The van der Waals surface area contributed by atoms with Gasteiger partial charge in [0.2, 0.25) is 11.8 Å². The van der Waals surface area contributed by atoms with Crippen molar-refractivity contribution < 1.29 is 14.3 Å². The second-order valence-corrected chi connectivity index (χ2v) is 8.75. The number of methoxy groups -OCH3 is 1. The second-order valence-electron chi connectivity index (χ2n) is 7.55. The first-order chi connectivity index (χ1) is 14.0. The number of aryl methyl sites for hydroxylation is 2. The number of hydrogen-bond donors (Lipinski definition) is 1. The van der Waals surface area contributed by atoms with Gasteiger partial charge < -0.3 is 15.0 Å². The Morgan fingerprint density at radius 2 is 1.86 bits per heavy atom. The highest BCUT2D eigenvalue weighted by Gasteiger charge is 2.27. The molecular formula is C22H29N3O3S. The summed E-state index contributed by atoms with van der Waals surface area (Å²) in [4.78, 5) is 33.0. The van der Waals surface area contributed by atoms with E-state index in [0.717, 1.165) is 47.6 Å². The van der Waals surface area contributed by atoms with E-state index in [1.54, 1.807) is 12.0 Å². The molecule has 7 heteroatoms. The van der Waals surface area contributed by atoms with E-state index in [9.17, 15) is 9.59 Å². The monoisotopic (exact) mass is 415 g/mol. The fraction of sp³-hybridized carbons (Fsp3) is 0.500. The minimum atomic E-state index is -0.188. The molecule has 1 aliphatic rings. The lowest BCUT2D eigenvalue weighted by Crippen LogP contribution is -2.46. The number of nitrogens with zero attached hydrogens (tertiary/aromatic N) is 2. The molecule has 0 atom stereocenters. The molecule has 156 valence electrons. The highest BCUT2D eigenvalue weighted by Crippen LogP contribution is 2.25. The van der Waals surface area contributed by atoms with Crippen molar-refractivity contribution in [3.8, 4) is 5.75 Å². The number of carbonyl (C=O) groups excluding carboxylic acids is 2. The van der Waals surface area contributed by atoms with Crippen LogP contribution in [-0.2, 0) is 16.0 Å². The Morgan fingerprint density at radius 1 is 1.17 bits per heavy atom. The summed E-state index contributed by atoms with van der Waals surface area (Å²) in [6.45, 7) is 3.97. The van der Waals surface area contributed by atoms with E-state index in [0.29, 0.717) is 5.13 Å².